The van der Waals surface area contributed by atoms with E-state index in [2.05, 4.69) is 215 Å². The van der Waals surface area contributed by atoms with E-state index >= 15 is 0 Å². The maximum atomic E-state index is 2.45. The molecule has 0 bridgehead atoms. The number of fused-ring (bicyclic) bond motifs is 6. The molecule has 0 N–H and O–H groups in total. The van der Waals surface area contributed by atoms with Crippen LogP contribution in [-0.4, -0.2) is 9.13 Å². The van der Waals surface area contributed by atoms with Crippen LogP contribution < -0.4 is 0 Å². The van der Waals surface area contributed by atoms with E-state index in [-0.39, 0.29) is 0 Å². The molecule has 0 aliphatic heterocycles. The fraction of sp³-hybridized carbons (Fsp3) is 0.0204. The molecule has 0 atom stereocenters. The van der Waals surface area contributed by atoms with Gasteiger partial charge < -0.3 is 9.13 Å². The fourth-order valence-electron chi connectivity index (χ4n) is 8.50. The highest BCUT2D eigenvalue weighted by molar-refractivity contribution is 6.12. The summed E-state index contributed by atoms with van der Waals surface area (Å²) in [6.07, 6.45) is 0. The lowest BCUT2D eigenvalue weighted by atomic mass is 9.65. The number of hydrogen-bond donors (Lipinski definition) is 0. The van der Waals surface area contributed by atoms with Gasteiger partial charge in [0.05, 0.1) is 27.5 Å². The van der Waals surface area contributed by atoms with Crippen LogP contribution in [0, 0.1) is 0 Å². The van der Waals surface area contributed by atoms with E-state index in [1.807, 2.05) is 0 Å². The van der Waals surface area contributed by atoms with Crippen LogP contribution in [-0.2, 0) is 5.41 Å². The molecule has 0 saturated carbocycles. The Bertz CT molecular complexity index is 2730. The van der Waals surface area contributed by atoms with Crippen molar-refractivity contribution in [3.8, 4) is 11.4 Å². The minimum absolute atomic E-state index is 0.515. The van der Waals surface area contributed by atoms with Crippen molar-refractivity contribution < 1.29 is 0 Å². The van der Waals surface area contributed by atoms with Crippen molar-refractivity contribution in [3.05, 3.63) is 229 Å². The fourth-order valence-corrected chi connectivity index (χ4v) is 8.50. The van der Waals surface area contributed by atoms with E-state index < -0.39 is 5.41 Å². The molecule has 0 amide bonds. The van der Waals surface area contributed by atoms with Gasteiger partial charge in [0.1, 0.15) is 0 Å². The van der Waals surface area contributed by atoms with Crippen LogP contribution in [0.15, 0.2) is 206 Å². The molecule has 0 radical (unpaired) electrons. The summed E-state index contributed by atoms with van der Waals surface area (Å²) in [5, 5.41) is 4.97. The summed E-state index contributed by atoms with van der Waals surface area (Å²) >= 11 is 0. The maximum Gasteiger partial charge on any atom is 0.0701 e. The third kappa shape index (κ3) is 4.43. The molecule has 240 valence electrons. The van der Waals surface area contributed by atoms with Crippen LogP contribution in [0.1, 0.15) is 22.3 Å². The summed E-state index contributed by atoms with van der Waals surface area (Å²) in [5.74, 6) is 0. The van der Waals surface area contributed by atoms with Crippen molar-refractivity contribution in [2.75, 3.05) is 0 Å². The van der Waals surface area contributed by atoms with E-state index in [1.54, 1.807) is 0 Å². The lowest BCUT2D eigenvalue weighted by molar-refractivity contribution is 0.746. The molecule has 10 rings (SSSR count). The molecule has 0 aliphatic carbocycles. The normalized spacial score (nSPS) is 11.9. The largest absolute Gasteiger partial charge is 0.309 e. The van der Waals surface area contributed by atoms with E-state index in [1.165, 1.54) is 71.6 Å². The molecule has 2 heteroatoms. The van der Waals surface area contributed by atoms with Gasteiger partial charge in [-0.3, -0.25) is 0 Å². The lowest BCUT2D eigenvalue weighted by Crippen LogP contribution is -2.30. The SMILES string of the molecule is c1ccc(-n2c3ccccc3c3cc(-n4c5ccccc5c5cc(C(c6ccccc6)(c6ccccc6)c6ccccc6)ccc54)ccc32)cc1. The second kappa shape index (κ2) is 11.8. The van der Waals surface area contributed by atoms with Crippen molar-refractivity contribution in [3.63, 3.8) is 0 Å². The average Bonchev–Trinajstić information content (AvgIpc) is 3.72. The molecule has 0 unspecified atom stereocenters. The van der Waals surface area contributed by atoms with Gasteiger partial charge in [-0.2, -0.15) is 0 Å². The van der Waals surface area contributed by atoms with Gasteiger partial charge in [-0.05, 0) is 76.9 Å². The van der Waals surface area contributed by atoms with Crippen LogP contribution in [0.3, 0.4) is 0 Å². The first kappa shape index (κ1) is 29.3. The van der Waals surface area contributed by atoms with Gasteiger partial charge >= 0.3 is 0 Å². The van der Waals surface area contributed by atoms with Crippen molar-refractivity contribution in [1.82, 2.24) is 9.13 Å². The molecule has 0 aliphatic rings. The highest BCUT2D eigenvalue weighted by Crippen LogP contribution is 2.47. The number of para-hydroxylation sites is 3. The first-order valence-electron chi connectivity index (χ1n) is 17.6. The van der Waals surface area contributed by atoms with Gasteiger partial charge in [0.15, 0.2) is 0 Å². The molecule has 2 heterocycles. The van der Waals surface area contributed by atoms with Crippen molar-refractivity contribution in [1.29, 1.82) is 0 Å². The Morgan fingerprint density at radius 2 is 0.647 bits per heavy atom. The lowest BCUT2D eigenvalue weighted by Gasteiger charge is -2.37. The zero-order valence-corrected chi connectivity index (χ0v) is 28.0. The Labute approximate surface area is 297 Å². The molecule has 2 aromatic heterocycles. The quantitative estimate of drug-likeness (QED) is 0.159. The Hall–Kier alpha value is -6.64. The molecule has 8 aromatic carbocycles. The van der Waals surface area contributed by atoms with Gasteiger partial charge in [0.2, 0.25) is 0 Å². The predicted octanol–water partition coefficient (Wildman–Crippen LogP) is 12.3. The average molecular weight is 651 g/mol. The third-order valence-corrected chi connectivity index (χ3v) is 10.7. The number of rotatable bonds is 6. The van der Waals surface area contributed by atoms with Crippen LogP contribution in [0.4, 0.5) is 0 Å². The van der Waals surface area contributed by atoms with Crippen LogP contribution in [0.25, 0.3) is 55.0 Å². The molecular weight excluding hydrogens is 617 g/mol. The molecule has 0 fully saturated rings. The second-order valence-corrected chi connectivity index (χ2v) is 13.3. The van der Waals surface area contributed by atoms with Crippen LogP contribution in [0.2, 0.25) is 0 Å². The van der Waals surface area contributed by atoms with Gasteiger partial charge in [-0.1, -0.05) is 152 Å². The minimum atomic E-state index is -0.515. The highest BCUT2D eigenvalue weighted by Gasteiger charge is 2.38. The highest BCUT2D eigenvalue weighted by atomic mass is 15.0. The summed E-state index contributed by atoms with van der Waals surface area (Å²) in [6, 6.07) is 75.2. The molecular formula is C49H34N2. The summed E-state index contributed by atoms with van der Waals surface area (Å²) in [7, 11) is 0. The summed E-state index contributed by atoms with van der Waals surface area (Å²) < 4.78 is 4.82. The van der Waals surface area contributed by atoms with Crippen LogP contribution >= 0.6 is 0 Å². The number of hydrogen-bond acceptors (Lipinski definition) is 0. The first-order chi connectivity index (χ1) is 25.3. The molecule has 2 nitrogen and oxygen atoms in total. The monoisotopic (exact) mass is 650 g/mol. The Balaban J connectivity index is 1.25. The van der Waals surface area contributed by atoms with Crippen molar-refractivity contribution in [2.45, 2.75) is 5.41 Å². The molecule has 51 heavy (non-hydrogen) atoms. The van der Waals surface area contributed by atoms with E-state index in [0.29, 0.717) is 0 Å². The minimum Gasteiger partial charge on any atom is -0.309 e. The van der Waals surface area contributed by atoms with Gasteiger partial charge in [-0.15, -0.1) is 0 Å². The zero-order chi connectivity index (χ0) is 33.8. The van der Waals surface area contributed by atoms with E-state index in [0.717, 1.165) is 5.69 Å². The van der Waals surface area contributed by atoms with Crippen LogP contribution in [0.5, 0.6) is 0 Å². The summed E-state index contributed by atoms with van der Waals surface area (Å²) in [6.45, 7) is 0. The number of nitrogens with zero attached hydrogens (tertiary/aromatic N) is 2. The van der Waals surface area contributed by atoms with E-state index in [4.69, 9.17) is 0 Å². The summed E-state index contributed by atoms with van der Waals surface area (Å²) in [4.78, 5) is 0. The Morgan fingerprint density at radius 1 is 0.255 bits per heavy atom. The summed E-state index contributed by atoms with van der Waals surface area (Å²) in [5.41, 5.74) is 11.6. The number of aromatic nitrogens is 2. The van der Waals surface area contributed by atoms with Crippen molar-refractivity contribution in [2.24, 2.45) is 0 Å². The van der Waals surface area contributed by atoms with Gasteiger partial charge in [0.25, 0.3) is 0 Å². The maximum absolute atomic E-state index is 2.45. The van der Waals surface area contributed by atoms with Gasteiger partial charge in [-0.25, -0.2) is 0 Å². The molecule has 10 aromatic rings. The zero-order valence-electron chi connectivity index (χ0n) is 28.0. The van der Waals surface area contributed by atoms with Crippen molar-refractivity contribution >= 4 is 43.6 Å². The van der Waals surface area contributed by atoms with Gasteiger partial charge in [0, 0.05) is 32.9 Å². The Morgan fingerprint density at radius 3 is 1.18 bits per heavy atom. The third-order valence-electron chi connectivity index (χ3n) is 10.7. The molecule has 0 spiro atoms. The predicted molar refractivity (Wildman–Crippen MR) is 213 cm³/mol. The number of benzene rings is 8. The Kier molecular flexibility index (Phi) is 6.75. The molecule has 0 saturated heterocycles. The smallest absolute Gasteiger partial charge is 0.0701 e. The standard InChI is InChI=1S/C49H34N2/c1-5-17-35(18-6-1)49(36-19-7-2-8-20-36,37-21-9-3-10-22-37)38-29-31-47-43(33-38)41-25-13-16-28-46(41)51(47)40-30-32-48-44(34-40)42-26-14-15-27-45(42)50(48)39-23-11-4-12-24-39/h1-34H. The topological polar surface area (TPSA) is 9.86 Å². The second-order valence-electron chi connectivity index (χ2n) is 13.3. The first-order valence-corrected chi connectivity index (χ1v) is 17.6. The van der Waals surface area contributed by atoms with E-state index in [9.17, 15) is 0 Å².